The van der Waals surface area contributed by atoms with Crippen molar-refractivity contribution in [2.75, 3.05) is 6.61 Å². The fourth-order valence-corrected chi connectivity index (χ4v) is 4.00. The van der Waals surface area contributed by atoms with Gasteiger partial charge in [0, 0.05) is 0 Å². The minimum absolute atomic E-state index is 0.729. The van der Waals surface area contributed by atoms with Gasteiger partial charge in [0.1, 0.15) is 0 Å². The van der Waals surface area contributed by atoms with E-state index in [4.69, 9.17) is 4.43 Å². The Balaban J connectivity index is 3.79. The van der Waals surface area contributed by atoms with E-state index in [1.165, 1.54) is 0 Å². The van der Waals surface area contributed by atoms with Gasteiger partial charge in [0.05, 0.1) is 6.61 Å². The zero-order valence-electron chi connectivity index (χ0n) is 8.13. The summed E-state index contributed by atoms with van der Waals surface area (Å²) in [5, 5.41) is 0. The van der Waals surface area contributed by atoms with Gasteiger partial charge in [0.25, 0.3) is 0 Å². The molecule has 0 saturated carbocycles. The first-order valence-electron chi connectivity index (χ1n) is 4.32. The van der Waals surface area contributed by atoms with Gasteiger partial charge in [-0.15, -0.1) is 6.58 Å². The molecule has 2 heteroatoms. The first-order valence-corrected chi connectivity index (χ1v) is 6.12. The summed E-state index contributed by atoms with van der Waals surface area (Å²) in [7, 11) is -0.969. The molecule has 0 aromatic rings. The molecule has 0 saturated heterocycles. The van der Waals surface area contributed by atoms with Gasteiger partial charge in [0.15, 0.2) is 9.04 Å². The van der Waals surface area contributed by atoms with Crippen LogP contribution < -0.4 is 0 Å². The third-order valence-electron chi connectivity index (χ3n) is 1.72. The lowest BCUT2D eigenvalue weighted by Crippen LogP contribution is -2.25. The maximum Gasteiger partial charge on any atom is 0.182 e. The molecule has 0 atom stereocenters. The van der Waals surface area contributed by atoms with Crippen LogP contribution in [0.2, 0.25) is 11.1 Å². The van der Waals surface area contributed by atoms with Crippen LogP contribution in [0.4, 0.5) is 0 Å². The van der Waals surface area contributed by atoms with Gasteiger partial charge in [-0.2, -0.15) is 0 Å². The maximum absolute atomic E-state index is 5.73. The van der Waals surface area contributed by atoms with E-state index in [-0.39, 0.29) is 0 Å². The highest BCUT2D eigenvalue weighted by atomic mass is 28.3. The molecule has 11 heavy (non-hydrogen) atoms. The second kappa shape index (κ2) is 5.55. The predicted molar refractivity (Wildman–Crippen MR) is 53.5 cm³/mol. The summed E-state index contributed by atoms with van der Waals surface area (Å²) in [6.07, 6.45) is 1.84. The summed E-state index contributed by atoms with van der Waals surface area (Å²) >= 11 is 0. The molecule has 66 valence electrons. The fourth-order valence-electron chi connectivity index (χ4n) is 1.33. The van der Waals surface area contributed by atoms with Gasteiger partial charge < -0.3 is 4.43 Å². The van der Waals surface area contributed by atoms with Gasteiger partial charge in [0.2, 0.25) is 0 Å². The molecule has 0 N–H and O–H groups in total. The molecule has 0 heterocycles. The molecule has 0 aliphatic carbocycles. The van der Waals surface area contributed by atoms with E-state index in [0.29, 0.717) is 0 Å². The summed E-state index contributed by atoms with van der Waals surface area (Å²) in [5.74, 6) is 0. The van der Waals surface area contributed by atoms with Crippen molar-refractivity contribution in [3.05, 3.63) is 12.7 Å². The predicted octanol–water partition coefficient (Wildman–Crippen LogP) is 2.73. The normalized spacial score (nSPS) is 11.5. The van der Waals surface area contributed by atoms with Crippen LogP contribution in [0.1, 0.15) is 27.7 Å². The molecule has 0 unspecified atom stereocenters. The SMILES string of the molecule is C=CCO[SiH](C(C)C)C(C)C. The molecule has 0 amide bonds. The van der Waals surface area contributed by atoms with Crippen LogP contribution in [0.15, 0.2) is 12.7 Å². The minimum atomic E-state index is -0.969. The third-order valence-corrected chi connectivity index (χ3v) is 4.93. The van der Waals surface area contributed by atoms with E-state index in [0.717, 1.165) is 17.7 Å². The van der Waals surface area contributed by atoms with E-state index in [1.54, 1.807) is 0 Å². The van der Waals surface area contributed by atoms with Crippen molar-refractivity contribution < 1.29 is 4.43 Å². The highest BCUT2D eigenvalue weighted by Crippen LogP contribution is 2.20. The molecule has 0 bridgehead atoms. The Morgan fingerprint density at radius 1 is 1.27 bits per heavy atom. The van der Waals surface area contributed by atoms with Crippen molar-refractivity contribution in [3.63, 3.8) is 0 Å². The van der Waals surface area contributed by atoms with Gasteiger partial charge in [-0.3, -0.25) is 0 Å². The van der Waals surface area contributed by atoms with Crippen LogP contribution in [0.3, 0.4) is 0 Å². The Morgan fingerprint density at radius 2 is 1.73 bits per heavy atom. The van der Waals surface area contributed by atoms with Crippen molar-refractivity contribution in [2.45, 2.75) is 38.8 Å². The summed E-state index contributed by atoms with van der Waals surface area (Å²) in [5.41, 5.74) is 1.46. The fraction of sp³-hybridized carbons (Fsp3) is 0.778. The quantitative estimate of drug-likeness (QED) is 0.458. The summed E-state index contributed by atoms with van der Waals surface area (Å²) in [4.78, 5) is 0. The van der Waals surface area contributed by atoms with E-state index in [9.17, 15) is 0 Å². The lowest BCUT2D eigenvalue weighted by atomic mass is 10.5. The third kappa shape index (κ3) is 4.38. The van der Waals surface area contributed by atoms with E-state index >= 15 is 0 Å². The molecular formula is C9H20OSi. The van der Waals surface area contributed by atoms with Crippen LogP contribution >= 0.6 is 0 Å². The molecule has 1 nitrogen and oxygen atoms in total. The molecule has 0 aromatic heterocycles. The lowest BCUT2D eigenvalue weighted by molar-refractivity contribution is 0.351. The van der Waals surface area contributed by atoms with Crippen molar-refractivity contribution in [1.29, 1.82) is 0 Å². The van der Waals surface area contributed by atoms with Gasteiger partial charge in [-0.05, 0) is 11.1 Å². The van der Waals surface area contributed by atoms with Crippen LogP contribution in [0, 0.1) is 0 Å². The molecule has 0 aliphatic heterocycles. The molecule has 0 fully saturated rings. The van der Waals surface area contributed by atoms with Crippen molar-refractivity contribution >= 4 is 9.04 Å². The topological polar surface area (TPSA) is 9.23 Å². The van der Waals surface area contributed by atoms with E-state index < -0.39 is 9.04 Å². The highest BCUT2D eigenvalue weighted by molar-refractivity contribution is 6.54. The Hall–Kier alpha value is -0.0831. The lowest BCUT2D eigenvalue weighted by Gasteiger charge is -2.22. The minimum Gasteiger partial charge on any atom is -0.416 e. The van der Waals surface area contributed by atoms with Crippen molar-refractivity contribution in [2.24, 2.45) is 0 Å². The number of hydrogen-bond acceptors (Lipinski definition) is 1. The Bertz CT molecular complexity index is 102. The zero-order chi connectivity index (χ0) is 8.85. The smallest absolute Gasteiger partial charge is 0.182 e. The van der Waals surface area contributed by atoms with E-state index in [1.807, 2.05) is 6.08 Å². The summed E-state index contributed by atoms with van der Waals surface area (Å²) in [6.45, 7) is 13.4. The molecule has 0 rings (SSSR count). The van der Waals surface area contributed by atoms with Crippen LogP contribution in [0.25, 0.3) is 0 Å². The molecule has 0 aromatic carbocycles. The van der Waals surface area contributed by atoms with Crippen molar-refractivity contribution in [1.82, 2.24) is 0 Å². The van der Waals surface area contributed by atoms with Crippen molar-refractivity contribution in [3.8, 4) is 0 Å². The van der Waals surface area contributed by atoms with Gasteiger partial charge >= 0.3 is 0 Å². The van der Waals surface area contributed by atoms with Gasteiger partial charge in [-0.25, -0.2) is 0 Å². The van der Waals surface area contributed by atoms with Gasteiger partial charge in [-0.1, -0.05) is 33.8 Å². The van der Waals surface area contributed by atoms with Crippen LogP contribution in [-0.2, 0) is 4.43 Å². The molecule has 0 radical (unpaired) electrons. The first-order chi connectivity index (χ1) is 5.09. The zero-order valence-corrected chi connectivity index (χ0v) is 9.29. The average Bonchev–Trinajstić information content (AvgIpc) is 1.87. The highest BCUT2D eigenvalue weighted by Gasteiger charge is 2.19. The summed E-state index contributed by atoms with van der Waals surface area (Å²) in [6, 6.07) is 0. The number of hydrogen-bond donors (Lipinski definition) is 0. The molecule has 0 spiro atoms. The Labute approximate surface area is 72.2 Å². The average molecular weight is 172 g/mol. The number of rotatable bonds is 5. The molecule has 0 aliphatic rings. The molecular weight excluding hydrogens is 152 g/mol. The standard InChI is InChI=1S/C9H20OSi/c1-6-7-10-11(8(2)3)9(4)5/h6,8-9,11H,1,7H2,2-5H3. The van der Waals surface area contributed by atoms with Crippen LogP contribution in [0.5, 0.6) is 0 Å². The monoisotopic (exact) mass is 172 g/mol. The second-order valence-corrected chi connectivity index (χ2v) is 7.50. The Kier molecular flexibility index (Phi) is 5.51. The van der Waals surface area contributed by atoms with E-state index in [2.05, 4.69) is 34.3 Å². The second-order valence-electron chi connectivity index (χ2n) is 3.57. The summed E-state index contributed by atoms with van der Waals surface area (Å²) < 4.78 is 5.73. The maximum atomic E-state index is 5.73. The first kappa shape index (κ1) is 10.9. The largest absolute Gasteiger partial charge is 0.416 e. The Morgan fingerprint density at radius 3 is 2.00 bits per heavy atom. The van der Waals surface area contributed by atoms with Crippen LogP contribution in [-0.4, -0.2) is 15.6 Å².